The molecule has 1 saturated heterocycles. The molecular formula is C30H32ClN3O4. The normalized spacial score (nSPS) is 13.7. The van der Waals surface area contributed by atoms with Gasteiger partial charge < -0.3 is 19.4 Å². The van der Waals surface area contributed by atoms with Crippen molar-refractivity contribution in [3.05, 3.63) is 88.6 Å². The van der Waals surface area contributed by atoms with E-state index in [1.165, 1.54) is 0 Å². The Morgan fingerprint density at radius 3 is 2.39 bits per heavy atom. The van der Waals surface area contributed by atoms with Crippen LogP contribution in [0, 0.1) is 6.92 Å². The lowest BCUT2D eigenvalue weighted by Crippen LogP contribution is -2.47. The number of carbonyl (C=O) groups is 1. The van der Waals surface area contributed by atoms with Crippen molar-refractivity contribution in [2.75, 3.05) is 50.1 Å². The van der Waals surface area contributed by atoms with E-state index in [0.717, 1.165) is 43.2 Å². The van der Waals surface area contributed by atoms with Crippen LogP contribution in [0.5, 0.6) is 5.75 Å². The lowest BCUT2D eigenvalue weighted by atomic mass is 10.1. The summed E-state index contributed by atoms with van der Waals surface area (Å²) in [5.41, 5.74) is 3.30. The van der Waals surface area contributed by atoms with Gasteiger partial charge in [-0.05, 0) is 31.2 Å². The average Bonchev–Trinajstić information content (AvgIpc) is 2.95. The molecule has 1 aliphatic rings. The number of nitrogens with zero attached hydrogens (tertiary/aromatic N) is 2. The maximum absolute atomic E-state index is 13.1. The maximum Gasteiger partial charge on any atom is 0.225 e. The van der Waals surface area contributed by atoms with Crippen LogP contribution < -0.4 is 20.4 Å². The number of methoxy groups -OCH3 is 1. The number of piperazine rings is 1. The van der Waals surface area contributed by atoms with Gasteiger partial charge in [0.1, 0.15) is 11.5 Å². The summed E-state index contributed by atoms with van der Waals surface area (Å²) in [6.07, 6.45) is 0.354. The van der Waals surface area contributed by atoms with Gasteiger partial charge >= 0.3 is 0 Å². The summed E-state index contributed by atoms with van der Waals surface area (Å²) in [6, 6.07) is 22.9. The standard InChI is InChI=1S/C30H31N3O4.ClH/c1-21-28(35)23-11-8-12-24(30(23)37-29(21)22-9-4-3-5-10-22)31-27(34)15-16-32-17-19-33(20-18-32)25-13-6-7-14-26(25)36-2;/h3-14H,15-20H2,1-2H3,(H,31,34);1H. The van der Waals surface area contributed by atoms with Crippen molar-refractivity contribution in [1.29, 1.82) is 0 Å². The van der Waals surface area contributed by atoms with Crippen LogP contribution in [0.25, 0.3) is 22.3 Å². The van der Waals surface area contributed by atoms with Gasteiger partial charge in [-0.25, -0.2) is 0 Å². The van der Waals surface area contributed by atoms with Crippen LogP contribution in [-0.4, -0.2) is 50.6 Å². The zero-order chi connectivity index (χ0) is 25.8. The van der Waals surface area contributed by atoms with Crippen molar-refractivity contribution in [2.45, 2.75) is 13.3 Å². The fourth-order valence-electron chi connectivity index (χ4n) is 4.85. The molecule has 2 heterocycles. The van der Waals surface area contributed by atoms with E-state index >= 15 is 0 Å². The minimum absolute atomic E-state index is 0. The number of nitrogens with one attached hydrogen (secondary N) is 1. The number of para-hydroxylation sites is 3. The third kappa shape index (κ3) is 5.69. The quantitative estimate of drug-likeness (QED) is 0.345. The monoisotopic (exact) mass is 533 g/mol. The fourth-order valence-corrected chi connectivity index (χ4v) is 4.85. The van der Waals surface area contributed by atoms with E-state index in [0.29, 0.717) is 40.9 Å². The van der Waals surface area contributed by atoms with E-state index in [1.54, 1.807) is 32.2 Å². The van der Waals surface area contributed by atoms with Crippen LogP contribution in [0.3, 0.4) is 0 Å². The van der Waals surface area contributed by atoms with Gasteiger partial charge in [-0.2, -0.15) is 0 Å². The third-order valence-corrected chi connectivity index (χ3v) is 6.91. The van der Waals surface area contributed by atoms with Crippen molar-refractivity contribution in [1.82, 2.24) is 4.90 Å². The molecule has 4 aromatic rings. The molecule has 5 rings (SSSR count). The number of hydrogen-bond acceptors (Lipinski definition) is 6. The predicted molar refractivity (Wildman–Crippen MR) is 155 cm³/mol. The van der Waals surface area contributed by atoms with E-state index in [-0.39, 0.29) is 23.7 Å². The van der Waals surface area contributed by atoms with E-state index in [4.69, 9.17) is 9.15 Å². The van der Waals surface area contributed by atoms with Crippen molar-refractivity contribution in [3.8, 4) is 17.1 Å². The first-order valence-electron chi connectivity index (χ1n) is 12.6. The zero-order valence-electron chi connectivity index (χ0n) is 21.6. The van der Waals surface area contributed by atoms with Gasteiger partial charge in [0, 0.05) is 50.3 Å². The van der Waals surface area contributed by atoms with Gasteiger partial charge in [0.15, 0.2) is 11.0 Å². The molecule has 0 aliphatic carbocycles. The summed E-state index contributed by atoms with van der Waals surface area (Å²) in [6.45, 7) is 5.92. The van der Waals surface area contributed by atoms with Gasteiger partial charge in [0.25, 0.3) is 0 Å². The predicted octanol–water partition coefficient (Wildman–Crippen LogP) is 5.35. The molecule has 0 spiro atoms. The van der Waals surface area contributed by atoms with Crippen molar-refractivity contribution < 1.29 is 13.9 Å². The highest BCUT2D eigenvalue weighted by molar-refractivity contribution is 6.00. The molecule has 0 unspecified atom stereocenters. The van der Waals surface area contributed by atoms with Gasteiger partial charge in [0.05, 0.1) is 23.9 Å². The first kappa shape index (κ1) is 27.2. The molecule has 0 bridgehead atoms. The molecule has 1 aliphatic heterocycles. The highest BCUT2D eigenvalue weighted by Gasteiger charge is 2.21. The SMILES string of the molecule is COc1ccccc1N1CCN(CCC(=O)Nc2cccc3c(=O)c(C)c(-c4ccccc4)oc23)CC1.Cl. The van der Waals surface area contributed by atoms with E-state index in [2.05, 4.69) is 21.2 Å². The topological polar surface area (TPSA) is 75.0 Å². The van der Waals surface area contributed by atoms with Crippen LogP contribution in [-0.2, 0) is 4.79 Å². The Bertz CT molecular complexity index is 1460. The lowest BCUT2D eigenvalue weighted by molar-refractivity contribution is -0.116. The number of benzene rings is 3. The largest absolute Gasteiger partial charge is 0.495 e. The molecule has 1 aromatic heterocycles. The molecule has 1 N–H and O–H groups in total. The van der Waals surface area contributed by atoms with E-state index in [1.807, 2.05) is 48.5 Å². The van der Waals surface area contributed by atoms with Crippen molar-refractivity contribution in [3.63, 3.8) is 0 Å². The number of carbonyl (C=O) groups excluding carboxylic acids is 1. The Hall–Kier alpha value is -3.81. The van der Waals surface area contributed by atoms with E-state index in [9.17, 15) is 9.59 Å². The Morgan fingerprint density at radius 2 is 1.66 bits per heavy atom. The number of amides is 1. The first-order chi connectivity index (χ1) is 18.0. The first-order valence-corrected chi connectivity index (χ1v) is 12.6. The zero-order valence-corrected chi connectivity index (χ0v) is 22.4. The molecule has 198 valence electrons. The average molecular weight is 534 g/mol. The molecule has 3 aromatic carbocycles. The summed E-state index contributed by atoms with van der Waals surface area (Å²) >= 11 is 0. The van der Waals surface area contributed by atoms with E-state index < -0.39 is 0 Å². The number of rotatable bonds is 7. The third-order valence-electron chi connectivity index (χ3n) is 6.91. The Morgan fingerprint density at radius 1 is 0.947 bits per heavy atom. The summed E-state index contributed by atoms with van der Waals surface area (Å²) in [5.74, 6) is 1.29. The molecule has 1 amide bonds. The second-order valence-corrected chi connectivity index (χ2v) is 9.23. The molecule has 38 heavy (non-hydrogen) atoms. The van der Waals surface area contributed by atoms with Crippen LogP contribution in [0.1, 0.15) is 12.0 Å². The molecule has 1 fully saturated rings. The number of hydrogen-bond donors (Lipinski definition) is 1. The molecular weight excluding hydrogens is 502 g/mol. The Labute approximate surface area is 228 Å². The van der Waals surface area contributed by atoms with Crippen LogP contribution in [0.15, 0.2) is 82.0 Å². The minimum Gasteiger partial charge on any atom is -0.495 e. The number of fused-ring (bicyclic) bond motifs is 1. The lowest BCUT2D eigenvalue weighted by Gasteiger charge is -2.36. The second-order valence-electron chi connectivity index (χ2n) is 9.23. The van der Waals surface area contributed by atoms with Crippen LogP contribution >= 0.6 is 12.4 Å². The molecule has 0 radical (unpaired) electrons. The molecule has 8 heteroatoms. The summed E-state index contributed by atoms with van der Waals surface area (Å²) in [7, 11) is 1.69. The summed E-state index contributed by atoms with van der Waals surface area (Å²) in [5, 5.41) is 3.43. The Balaban J connectivity index is 0.00000336. The Kier molecular flexibility index (Phi) is 8.71. The maximum atomic E-state index is 13.1. The summed E-state index contributed by atoms with van der Waals surface area (Å²) in [4.78, 5) is 30.6. The number of ether oxygens (including phenoxy) is 1. The van der Waals surface area contributed by atoms with Crippen LogP contribution in [0.2, 0.25) is 0 Å². The summed E-state index contributed by atoms with van der Waals surface area (Å²) < 4.78 is 11.7. The van der Waals surface area contributed by atoms with Gasteiger partial charge in [-0.15, -0.1) is 12.4 Å². The number of anilines is 2. The minimum atomic E-state index is -0.107. The van der Waals surface area contributed by atoms with Gasteiger partial charge in [-0.1, -0.05) is 48.5 Å². The van der Waals surface area contributed by atoms with Crippen molar-refractivity contribution in [2.24, 2.45) is 0 Å². The molecule has 7 nitrogen and oxygen atoms in total. The highest BCUT2D eigenvalue weighted by atomic mass is 35.5. The molecule has 0 saturated carbocycles. The highest BCUT2D eigenvalue weighted by Crippen LogP contribution is 2.30. The van der Waals surface area contributed by atoms with Gasteiger partial charge in [0.2, 0.25) is 5.91 Å². The molecule has 0 atom stereocenters. The fraction of sp³-hybridized carbons (Fsp3) is 0.267. The smallest absolute Gasteiger partial charge is 0.225 e. The van der Waals surface area contributed by atoms with Crippen LogP contribution in [0.4, 0.5) is 11.4 Å². The second kappa shape index (κ2) is 12.2. The van der Waals surface area contributed by atoms with Crippen molar-refractivity contribution >= 4 is 40.7 Å². The number of halogens is 1. The van der Waals surface area contributed by atoms with Gasteiger partial charge in [-0.3, -0.25) is 14.5 Å².